The van der Waals surface area contributed by atoms with Crippen molar-refractivity contribution < 1.29 is 4.79 Å². The molecule has 1 saturated heterocycles. The van der Waals surface area contributed by atoms with E-state index in [0.29, 0.717) is 18.1 Å². The molecule has 1 aliphatic rings. The van der Waals surface area contributed by atoms with Crippen molar-refractivity contribution in [2.24, 2.45) is 0 Å². The van der Waals surface area contributed by atoms with Crippen molar-refractivity contribution in [2.75, 3.05) is 31.5 Å². The van der Waals surface area contributed by atoms with E-state index in [1.807, 2.05) is 23.1 Å². The third-order valence-corrected chi connectivity index (χ3v) is 6.42. The van der Waals surface area contributed by atoms with E-state index in [2.05, 4.69) is 27.0 Å². The molecule has 3 aromatic rings. The first-order valence-electron chi connectivity index (χ1n) is 8.69. The van der Waals surface area contributed by atoms with Crippen LogP contribution >= 0.6 is 34.3 Å². The van der Waals surface area contributed by atoms with Crippen LogP contribution in [0.4, 0.5) is 10.5 Å². The summed E-state index contributed by atoms with van der Waals surface area (Å²) in [5.41, 5.74) is 1.82. The molecule has 0 atom stereocenters. The molecule has 2 aromatic heterocycles. The number of nitrogens with zero attached hydrogens (tertiary/aromatic N) is 3. The standard InChI is InChI=1S/C19H19ClN4OS2/c20-14-3-5-15(6-4-14)21-19(25)24-9-7-23(8-10-24)12-18-22-16(13-27-18)17-2-1-11-26-17/h1-6,11,13H,7-10,12H2,(H,21,25). The molecule has 0 bridgehead atoms. The van der Waals surface area contributed by atoms with Crippen LogP contribution in [0, 0.1) is 0 Å². The Hall–Kier alpha value is -1.93. The SMILES string of the molecule is O=C(Nc1ccc(Cl)cc1)N1CCN(Cc2nc(-c3cccs3)cs2)CC1. The first-order chi connectivity index (χ1) is 13.2. The fraction of sp³-hybridized carbons (Fsp3) is 0.263. The summed E-state index contributed by atoms with van der Waals surface area (Å²) in [5.74, 6) is 0. The maximum atomic E-state index is 12.4. The molecule has 0 aliphatic carbocycles. The van der Waals surface area contributed by atoms with Gasteiger partial charge in [-0.2, -0.15) is 0 Å². The molecule has 3 heterocycles. The summed E-state index contributed by atoms with van der Waals surface area (Å²) >= 11 is 9.29. The normalized spacial score (nSPS) is 15.1. The Labute approximate surface area is 171 Å². The highest BCUT2D eigenvalue weighted by Crippen LogP contribution is 2.26. The van der Waals surface area contributed by atoms with E-state index in [1.54, 1.807) is 34.8 Å². The van der Waals surface area contributed by atoms with Crippen LogP contribution in [0.25, 0.3) is 10.6 Å². The fourth-order valence-corrected chi connectivity index (χ4v) is 4.68. The number of thiazole rings is 1. The van der Waals surface area contributed by atoms with Crippen molar-refractivity contribution in [1.29, 1.82) is 0 Å². The van der Waals surface area contributed by atoms with Gasteiger partial charge in [0.05, 0.1) is 17.1 Å². The monoisotopic (exact) mass is 418 g/mol. The van der Waals surface area contributed by atoms with Gasteiger partial charge in [0.25, 0.3) is 0 Å². The number of piperazine rings is 1. The molecule has 140 valence electrons. The molecule has 1 aliphatic heterocycles. The number of carbonyl (C=O) groups is 1. The summed E-state index contributed by atoms with van der Waals surface area (Å²) in [6.07, 6.45) is 0. The van der Waals surface area contributed by atoms with E-state index in [-0.39, 0.29) is 6.03 Å². The molecule has 5 nitrogen and oxygen atoms in total. The van der Waals surface area contributed by atoms with Crippen molar-refractivity contribution >= 4 is 46.0 Å². The summed E-state index contributed by atoms with van der Waals surface area (Å²) in [4.78, 5) is 22.6. The van der Waals surface area contributed by atoms with Gasteiger partial charge < -0.3 is 10.2 Å². The molecule has 4 rings (SSSR count). The van der Waals surface area contributed by atoms with Gasteiger partial charge in [-0.15, -0.1) is 22.7 Å². The average Bonchev–Trinajstić information content (AvgIpc) is 3.36. The molecular formula is C19H19ClN4OS2. The van der Waals surface area contributed by atoms with Gasteiger partial charge in [-0.1, -0.05) is 17.7 Å². The number of thiophene rings is 1. The van der Waals surface area contributed by atoms with Crippen molar-refractivity contribution in [3.8, 4) is 10.6 Å². The smallest absolute Gasteiger partial charge is 0.321 e. The Bertz CT molecular complexity index is 887. The number of anilines is 1. The molecule has 0 unspecified atom stereocenters. The molecule has 8 heteroatoms. The number of hydrogen-bond acceptors (Lipinski definition) is 5. The zero-order valence-corrected chi connectivity index (χ0v) is 17.0. The zero-order valence-electron chi connectivity index (χ0n) is 14.6. The van der Waals surface area contributed by atoms with Gasteiger partial charge in [-0.3, -0.25) is 4.90 Å². The van der Waals surface area contributed by atoms with Crippen LogP contribution in [0.1, 0.15) is 5.01 Å². The molecule has 2 amide bonds. The average molecular weight is 419 g/mol. The first-order valence-corrected chi connectivity index (χ1v) is 10.8. The number of hydrogen-bond donors (Lipinski definition) is 1. The van der Waals surface area contributed by atoms with E-state index < -0.39 is 0 Å². The summed E-state index contributed by atoms with van der Waals surface area (Å²) in [7, 11) is 0. The number of benzene rings is 1. The van der Waals surface area contributed by atoms with E-state index >= 15 is 0 Å². The molecule has 1 aromatic carbocycles. The van der Waals surface area contributed by atoms with E-state index in [0.717, 1.165) is 36.0 Å². The van der Waals surface area contributed by atoms with Crippen LogP contribution in [0.5, 0.6) is 0 Å². The molecular weight excluding hydrogens is 400 g/mol. The first kappa shape index (κ1) is 18.4. The number of urea groups is 1. The molecule has 1 fully saturated rings. The second kappa shape index (κ2) is 8.39. The van der Waals surface area contributed by atoms with E-state index in [9.17, 15) is 4.79 Å². The van der Waals surface area contributed by atoms with Gasteiger partial charge >= 0.3 is 6.03 Å². The Kier molecular flexibility index (Phi) is 5.73. The van der Waals surface area contributed by atoms with Crippen LogP contribution in [-0.4, -0.2) is 47.0 Å². The quantitative estimate of drug-likeness (QED) is 0.657. The van der Waals surface area contributed by atoms with E-state index in [1.165, 1.54) is 4.88 Å². The Morgan fingerprint density at radius 1 is 1.11 bits per heavy atom. The largest absolute Gasteiger partial charge is 0.322 e. The van der Waals surface area contributed by atoms with Gasteiger partial charge in [0.1, 0.15) is 5.01 Å². The number of rotatable bonds is 4. The third kappa shape index (κ3) is 4.68. The van der Waals surface area contributed by atoms with Crippen molar-refractivity contribution in [1.82, 2.24) is 14.8 Å². The lowest BCUT2D eigenvalue weighted by Crippen LogP contribution is -2.49. The highest BCUT2D eigenvalue weighted by atomic mass is 35.5. The summed E-state index contributed by atoms with van der Waals surface area (Å²) in [6.45, 7) is 3.96. The van der Waals surface area contributed by atoms with Crippen LogP contribution in [-0.2, 0) is 6.54 Å². The maximum Gasteiger partial charge on any atom is 0.321 e. The number of aromatic nitrogens is 1. The number of nitrogens with one attached hydrogen (secondary N) is 1. The van der Waals surface area contributed by atoms with Crippen molar-refractivity contribution in [3.63, 3.8) is 0 Å². The number of halogens is 1. The Morgan fingerprint density at radius 3 is 2.59 bits per heavy atom. The summed E-state index contributed by atoms with van der Waals surface area (Å²) < 4.78 is 0. The Morgan fingerprint density at radius 2 is 1.89 bits per heavy atom. The molecule has 27 heavy (non-hydrogen) atoms. The third-order valence-electron chi connectivity index (χ3n) is 4.44. The van der Waals surface area contributed by atoms with Gasteiger partial charge in [0, 0.05) is 42.3 Å². The molecule has 0 spiro atoms. The summed E-state index contributed by atoms with van der Waals surface area (Å²) in [6, 6.07) is 11.2. The van der Waals surface area contributed by atoms with Gasteiger partial charge in [0.2, 0.25) is 0 Å². The predicted octanol–water partition coefficient (Wildman–Crippen LogP) is 4.87. The predicted molar refractivity (Wildman–Crippen MR) is 113 cm³/mol. The fourth-order valence-electron chi connectivity index (χ4n) is 2.96. The second-order valence-electron chi connectivity index (χ2n) is 6.30. The minimum atomic E-state index is -0.0637. The van der Waals surface area contributed by atoms with Crippen LogP contribution in [0.15, 0.2) is 47.2 Å². The molecule has 1 N–H and O–H groups in total. The topological polar surface area (TPSA) is 48.5 Å². The lowest BCUT2D eigenvalue weighted by atomic mass is 10.3. The number of carbonyl (C=O) groups excluding carboxylic acids is 1. The summed E-state index contributed by atoms with van der Waals surface area (Å²) in [5, 5.41) is 8.90. The second-order valence-corrected chi connectivity index (χ2v) is 8.63. The van der Waals surface area contributed by atoms with Gasteiger partial charge in [0.15, 0.2) is 0 Å². The minimum absolute atomic E-state index is 0.0637. The zero-order chi connectivity index (χ0) is 18.6. The van der Waals surface area contributed by atoms with Crippen LogP contribution in [0.3, 0.4) is 0 Å². The number of amides is 2. The highest BCUT2D eigenvalue weighted by molar-refractivity contribution is 7.14. The van der Waals surface area contributed by atoms with Crippen LogP contribution < -0.4 is 5.32 Å². The van der Waals surface area contributed by atoms with Gasteiger partial charge in [-0.25, -0.2) is 9.78 Å². The Balaban J connectivity index is 1.27. The van der Waals surface area contributed by atoms with Gasteiger partial charge in [-0.05, 0) is 35.7 Å². The van der Waals surface area contributed by atoms with Crippen molar-refractivity contribution in [2.45, 2.75) is 6.54 Å². The highest BCUT2D eigenvalue weighted by Gasteiger charge is 2.22. The minimum Gasteiger partial charge on any atom is -0.322 e. The molecule has 0 radical (unpaired) electrons. The lowest BCUT2D eigenvalue weighted by molar-refractivity contribution is 0.143. The maximum absolute atomic E-state index is 12.4. The van der Waals surface area contributed by atoms with Crippen molar-refractivity contribution in [3.05, 3.63) is 57.2 Å². The van der Waals surface area contributed by atoms with E-state index in [4.69, 9.17) is 16.6 Å². The van der Waals surface area contributed by atoms with Crippen LogP contribution in [0.2, 0.25) is 5.02 Å². The molecule has 0 saturated carbocycles. The lowest BCUT2D eigenvalue weighted by Gasteiger charge is -2.34.